The van der Waals surface area contributed by atoms with Crippen molar-refractivity contribution in [3.8, 4) is 11.5 Å². The average Bonchev–Trinajstić information content (AvgIpc) is 2.85. The van der Waals surface area contributed by atoms with Crippen molar-refractivity contribution in [3.63, 3.8) is 0 Å². The first kappa shape index (κ1) is 21.5. The Hall–Kier alpha value is -3.34. The molecule has 0 radical (unpaired) electrons. The van der Waals surface area contributed by atoms with Crippen LogP contribution in [0, 0.1) is 0 Å². The van der Waals surface area contributed by atoms with E-state index < -0.39 is 0 Å². The summed E-state index contributed by atoms with van der Waals surface area (Å²) in [5, 5.41) is 0. The number of ketones is 2. The van der Waals surface area contributed by atoms with Gasteiger partial charge in [0.25, 0.3) is 0 Å². The van der Waals surface area contributed by atoms with Crippen molar-refractivity contribution in [1.82, 2.24) is 4.90 Å². The molecule has 5 rings (SSSR count). The van der Waals surface area contributed by atoms with Gasteiger partial charge >= 0.3 is 0 Å². The molecule has 170 valence electrons. The number of carbonyl (C=O) groups excluding carboxylic acids is 2. The number of nitrogens with zero attached hydrogens (tertiary/aromatic N) is 1. The molecule has 0 unspecified atom stereocenters. The van der Waals surface area contributed by atoms with Gasteiger partial charge in [-0.1, -0.05) is 36.4 Å². The molecule has 2 aromatic rings. The molecule has 2 aromatic carbocycles. The molecular formula is C28H29NO4. The normalized spacial score (nSPS) is 18.9. The monoisotopic (exact) mass is 443 g/mol. The number of Topliss-reactive ketones (excluding diaryl/α,β-unsaturated/α-hetero) is 2. The van der Waals surface area contributed by atoms with Gasteiger partial charge < -0.3 is 14.4 Å². The van der Waals surface area contributed by atoms with Crippen LogP contribution in [0.1, 0.15) is 55.6 Å². The van der Waals surface area contributed by atoms with Gasteiger partial charge in [-0.05, 0) is 48.9 Å². The molecule has 0 N–H and O–H groups in total. The fourth-order valence-electron chi connectivity index (χ4n) is 5.54. The molecule has 0 atom stereocenters. The van der Waals surface area contributed by atoms with E-state index >= 15 is 0 Å². The molecule has 0 saturated heterocycles. The van der Waals surface area contributed by atoms with Crippen LogP contribution < -0.4 is 9.47 Å². The maximum Gasteiger partial charge on any atom is 0.161 e. The van der Waals surface area contributed by atoms with Crippen molar-refractivity contribution in [2.24, 2.45) is 0 Å². The van der Waals surface area contributed by atoms with Crippen molar-refractivity contribution >= 4 is 11.6 Å². The van der Waals surface area contributed by atoms with Gasteiger partial charge in [0.15, 0.2) is 23.1 Å². The molecule has 1 aliphatic heterocycles. The van der Waals surface area contributed by atoms with E-state index in [1.165, 1.54) is 5.56 Å². The standard InChI is InChI=1S/C28H29NO4/c1-32-24-15-14-19(16-25(24)33-2)26-27-20(10-6-12-22(27)30)29(17-18-8-4-3-5-9-18)21-11-7-13-23(31)28(21)26/h3-5,8-9,14-16,26H,6-7,10-13,17H2,1-2H3. The Kier molecular flexibility index (Phi) is 5.79. The summed E-state index contributed by atoms with van der Waals surface area (Å²) in [7, 11) is 3.22. The summed E-state index contributed by atoms with van der Waals surface area (Å²) in [4.78, 5) is 29.1. The molecule has 0 bridgehead atoms. The van der Waals surface area contributed by atoms with E-state index in [1.807, 2.05) is 36.4 Å². The van der Waals surface area contributed by atoms with Crippen LogP contribution in [0.15, 0.2) is 71.1 Å². The second-order valence-corrected chi connectivity index (χ2v) is 8.89. The van der Waals surface area contributed by atoms with Gasteiger partial charge in [0.1, 0.15) is 0 Å². The average molecular weight is 444 g/mol. The first-order chi connectivity index (χ1) is 16.1. The van der Waals surface area contributed by atoms with Crippen LogP contribution in [-0.4, -0.2) is 30.7 Å². The largest absolute Gasteiger partial charge is 0.493 e. The lowest BCUT2D eigenvalue weighted by Gasteiger charge is -2.44. The molecule has 2 aliphatic carbocycles. The van der Waals surface area contributed by atoms with Crippen LogP contribution >= 0.6 is 0 Å². The van der Waals surface area contributed by atoms with Gasteiger partial charge in [-0.15, -0.1) is 0 Å². The highest BCUT2D eigenvalue weighted by Gasteiger charge is 2.43. The number of hydrogen-bond acceptors (Lipinski definition) is 5. The third kappa shape index (κ3) is 3.75. The van der Waals surface area contributed by atoms with E-state index in [2.05, 4.69) is 17.0 Å². The highest BCUT2D eigenvalue weighted by molar-refractivity contribution is 6.06. The summed E-state index contributed by atoms with van der Waals surface area (Å²) < 4.78 is 11.0. The Morgan fingerprint density at radius 2 is 1.39 bits per heavy atom. The van der Waals surface area contributed by atoms with Gasteiger partial charge in [0.05, 0.1) is 14.2 Å². The first-order valence-electron chi connectivity index (χ1n) is 11.7. The molecule has 1 heterocycles. The van der Waals surface area contributed by atoms with E-state index in [9.17, 15) is 9.59 Å². The number of allylic oxidation sites excluding steroid dienone is 4. The molecule has 33 heavy (non-hydrogen) atoms. The number of hydrogen-bond donors (Lipinski definition) is 0. The molecule has 0 aromatic heterocycles. The van der Waals surface area contributed by atoms with Crippen molar-refractivity contribution in [3.05, 3.63) is 82.2 Å². The third-order valence-electron chi connectivity index (χ3n) is 7.01. The number of methoxy groups -OCH3 is 2. The summed E-state index contributed by atoms with van der Waals surface area (Å²) in [6.45, 7) is 0.678. The highest BCUT2D eigenvalue weighted by Crippen LogP contribution is 2.50. The molecule has 0 amide bonds. The first-order valence-corrected chi connectivity index (χ1v) is 11.7. The minimum Gasteiger partial charge on any atom is -0.493 e. The van der Waals surface area contributed by atoms with Crippen molar-refractivity contribution in [2.45, 2.75) is 51.0 Å². The predicted octanol–water partition coefficient (Wildman–Crippen LogP) is 5.32. The maximum absolute atomic E-state index is 13.4. The van der Waals surface area contributed by atoms with Crippen molar-refractivity contribution < 1.29 is 19.1 Å². The topological polar surface area (TPSA) is 55.8 Å². The lowest BCUT2D eigenvalue weighted by Crippen LogP contribution is -2.38. The number of carbonyl (C=O) groups is 2. The zero-order valence-electron chi connectivity index (χ0n) is 19.2. The molecule has 0 spiro atoms. The highest BCUT2D eigenvalue weighted by atomic mass is 16.5. The van der Waals surface area contributed by atoms with E-state index in [1.54, 1.807) is 14.2 Å². The summed E-state index contributed by atoms with van der Waals surface area (Å²) in [5.74, 6) is 1.20. The van der Waals surface area contributed by atoms with E-state index in [0.717, 1.165) is 53.8 Å². The summed E-state index contributed by atoms with van der Waals surface area (Å²) in [5.41, 5.74) is 5.85. The Bertz CT molecular complexity index is 1120. The SMILES string of the molecule is COc1ccc(C2C3=C(CCCC3=O)N(Cc3ccccc3)C3=C2C(=O)CCC3)cc1OC. The van der Waals surface area contributed by atoms with E-state index in [-0.39, 0.29) is 17.5 Å². The molecule has 0 fully saturated rings. The van der Waals surface area contributed by atoms with Gasteiger partial charge in [-0.25, -0.2) is 0 Å². The van der Waals surface area contributed by atoms with Crippen LogP contribution in [0.5, 0.6) is 11.5 Å². The van der Waals surface area contributed by atoms with Crippen LogP contribution in [0.2, 0.25) is 0 Å². The fourth-order valence-corrected chi connectivity index (χ4v) is 5.54. The number of benzene rings is 2. The van der Waals surface area contributed by atoms with Crippen LogP contribution in [0.25, 0.3) is 0 Å². The van der Waals surface area contributed by atoms with Gasteiger partial charge in [-0.3, -0.25) is 9.59 Å². The number of ether oxygens (including phenoxy) is 2. The van der Waals surface area contributed by atoms with E-state index in [0.29, 0.717) is 30.9 Å². The van der Waals surface area contributed by atoms with E-state index in [4.69, 9.17) is 9.47 Å². The second-order valence-electron chi connectivity index (χ2n) is 8.89. The summed E-state index contributed by atoms with van der Waals surface area (Å²) >= 11 is 0. The molecule has 5 heteroatoms. The Balaban J connectivity index is 1.70. The zero-order chi connectivity index (χ0) is 22.9. The lowest BCUT2D eigenvalue weighted by atomic mass is 9.71. The van der Waals surface area contributed by atoms with Gasteiger partial charge in [0, 0.05) is 47.8 Å². The van der Waals surface area contributed by atoms with Crippen molar-refractivity contribution in [1.29, 1.82) is 0 Å². The minimum absolute atomic E-state index is 0.152. The molecule has 0 saturated carbocycles. The maximum atomic E-state index is 13.4. The van der Waals surface area contributed by atoms with Crippen molar-refractivity contribution in [2.75, 3.05) is 14.2 Å². The number of rotatable bonds is 5. The predicted molar refractivity (Wildman–Crippen MR) is 126 cm³/mol. The smallest absolute Gasteiger partial charge is 0.161 e. The zero-order valence-corrected chi connectivity index (χ0v) is 19.2. The van der Waals surface area contributed by atoms with Crippen LogP contribution in [0.3, 0.4) is 0 Å². The second kappa shape index (κ2) is 8.89. The van der Waals surface area contributed by atoms with Crippen LogP contribution in [-0.2, 0) is 16.1 Å². The Morgan fingerprint density at radius 1 is 0.788 bits per heavy atom. The van der Waals surface area contributed by atoms with Gasteiger partial charge in [-0.2, -0.15) is 0 Å². The minimum atomic E-state index is -0.345. The van der Waals surface area contributed by atoms with Gasteiger partial charge in [0.2, 0.25) is 0 Å². The molecule has 5 nitrogen and oxygen atoms in total. The van der Waals surface area contributed by atoms with Crippen LogP contribution in [0.4, 0.5) is 0 Å². The summed E-state index contributed by atoms with van der Waals surface area (Å²) in [6.07, 6.45) is 4.44. The molecule has 3 aliphatic rings. The molecular weight excluding hydrogens is 414 g/mol. The third-order valence-corrected chi connectivity index (χ3v) is 7.01. The summed E-state index contributed by atoms with van der Waals surface area (Å²) in [6, 6.07) is 16.1. The quantitative estimate of drug-likeness (QED) is 0.626. The Labute approximate surface area is 194 Å². The fraction of sp³-hybridized carbons (Fsp3) is 0.357. The lowest BCUT2D eigenvalue weighted by molar-refractivity contribution is -0.117. The Morgan fingerprint density at radius 3 is 1.97 bits per heavy atom.